The molecule has 0 aromatic rings. The SMILES string of the molecule is CCCCCCCC[N+](C)(CCCl)CCCCCCC.[Br-]. The zero-order valence-corrected chi connectivity index (χ0v) is 17.2. The lowest BCUT2D eigenvalue weighted by Crippen LogP contribution is -3.00. The zero-order valence-electron chi connectivity index (χ0n) is 14.8. The number of unbranched alkanes of at least 4 members (excludes halogenated alkanes) is 9. The third-order valence-corrected chi connectivity index (χ3v) is 4.65. The minimum absolute atomic E-state index is 0. The van der Waals surface area contributed by atoms with Crippen molar-refractivity contribution in [1.82, 2.24) is 0 Å². The summed E-state index contributed by atoms with van der Waals surface area (Å²) in [6.07, 6.45) is 15.3. The number of hydrogen-bond acceptors (Lipinski definition) is 0. The van der Waals surface area contributed by atoms with Gasteiger partial charge in [-0.15, -0.1) is 11.6 Å². The first-order chi connectivity index (χ1) is 9.68. The molecule has 1 unspecified atom stereocenters. The molecule has 130 valence electrons. The molecule has 0 aromatic heterocycles. The Morgan fingerprint density at radius 1 is 0.619 bits per heavy atom. The van der Waals surface area contributed by atoms with Crippen LogP contribution in [0.4, 0.5) is 0 Å². The van der Waals surface area contributed by atoms with Crippen LogP contribution in [0, 0.1) is 0 Å². The van der Waals surface area contributed by atoms with Gasteiger partial charge in [0.2, 0.25) is 0 Å². The van der Waals surface area contributed by atoms with Gasteiger partial charge in [-0.2, -0.15) is 0 Å². The second-order valence-electron chi connectivity index (χ2n) is 6.66. The van der Waals surface area contributed by atoms with Gasteiger partial charge in [0.15, 0.2) is 0 Å². The van der Waals surface area contributed by atoms with Crippen molar-refractivity contribution in [3.8, 4) is 0 Å². The molecule has 3 heteroatoms. The smallest absolute Gasteiger partial charge is 0.0922 e. The summed E-state index contributed by atoms with van der Waals surface area (Å²) >= 11 is 6.01. The number of quaternary nitrogens is 1. The number of nitrogens with zero attached hydrogens (tertiary/aromatic N) is 1. The van der Waals surface area contributed by atoms with E-state index in [9.17, 15) is 0 Å². The third kappa shape index (κ3) is 15.4. The first-order valence-electron chi connectivity index (χ1n) is 9.08. The van der Waals surface area contributed by atoms with Gasteiger partial charge in [-0.3, -0.25) is 0 Å². The first-order valence-corrected chi connectivity index (χ1v) is 9.61. The van der Waals surface area contributed by atoms with Crippen LogP contribution < -0.4 is 17.0 Å². The summed E-state index contributed by atoms with van der Waals surface area (Å²) in [5, 5.41) is 0. The van der Waals surface area contributed by atoms with Crippen molar-refractivity contribution in [2.45, 2.75) is 84.5 Å². The van der Waals surface area contributed by atoms with Crippen molar-refractivity contribution in [1.29, 1.82) is 0 Å². The van der Waals surface area contributed by atoms with Gasteiger partial charge in [0.05, 0.1) is 32.6 Å². The van der Waals surface area contributed by atoms with E-state index in [1.165, 1.54) is 88.2 Å². The van der Waals surface area contributed by atoms with E-state index in [-0.39, 0.29) is 17.0 Å². The van der Waals surface area contributed by atoms with Crippen LogP contribution in [0.3, 0.4) is 0 Å². The lowest BCUT2D eigenvalue weighted by molar-refractivity contribution is -0.907. The fraction of sp³-hybridized carbons (Fsp3) is 1.00. The fourth-order valence-corrected chi connectivity index (χ4v) is 3.32. The Morgan fingerprint density at radius 2 is 1.00 bits per heavy atom. The Hall–Kier alpha value is 0.730. The molecule has 0 aliphatic heterocycles. The number of halogens is 2. The van der Waals surface area contributed by atoms with Crippen LogP contribution in [0.25, 0.3) is 0 Å². The van der Waals surface area contributed by atoms with Crippen LogP contribution in [0.5, 0.6) is 0 Å². The Balaban J connectivity index is 0. The highest BCUT2D eigenvalue weighted by Crippen LogP contribution is 2.13. The zero-order chi connectivity index (χ0) is 15.1. The fourth-order valence-electron chi connectivity index (χ4n) is 2.91. The van der Waals surface area contributed by atoms with Gasteiger partial charge in [-0.1, -0.05) is 58.8 Å². The highest BCUT2D eigenvalue weighted by molar-refractivity contribution is 6.17. The van der Waals surface area contributed by atoms with Gasteiger partial charge in [0.1, 0.15) is 0 Å². The van der Waals surface area contributed by atoms with Gasteiger partial charge in [-0.05, 0) is 25.7 Å². The Morgan fingerprint density at radius 3 is 1.38 bits per heavy atom. The summed E-state index contributed by atoms with van der Waals surface area (Å²) in [5.41, 5.74) is 0. The van der Waals surface area contributed by atoms with Crippen molar-refractivity contribution in [3.63, 3.8) is 0 Å². The molecule has 0 spiro atoms. The summed E-state index contributed by atoms with van der Waals surface area (Å²) in [6, 6.07) is 0. The van der Waals surface area contributed by atoms with E-state index in [0.29, 0.717) is 0 Å². The van der Waals surface area contributed by atoms with Gasteiger partial charge < -0.3 is 21.5 Å². The van der Waals surface area contributed by atoms with Gasteiger partial charge in [0, 0.05) is 0 Å². The molecule has 0 amide bonds. The van der Waals surface area contributed by atoms with E-state index < -0.39 is 0 Å². The highest BCUT2D eigenvalue weighted by Gasteiger charge is 2.19. The Bertz CT molecular complexity index is 202. The minimum Gasteiger partial charge on any atom is -1.00 e. The summed E-state index contributed by atoms with van der Waals surface area (Å²) in [5.74, 6) is 0.807. The van der Waals surface area contributed by atoms with E-state index in [0.717, 1.165) is 12.4 Å². The molecule has 1 atom stereocenters. The van der Waals surface area contributed by atoms with Crippen molar-refractivity contribution in [3.05, 3.63) is 0 Å². The number of hydrogen-bond donors (Lipinski definition) is 0. The predicted octanol–water partition coefficient (Wildman–Crippen LogP) is 3.01. The average molecular weight is 385 g/mol. The maximum absolute atomic E-state index is 6.01. The Labute approximate surface area is 150 Å². The van der Waals surface area contributed by atoms with E-state index in [4.69, 9.17) is 11.6 Å². The molecule has 0 saturated heterocycles. The van der Waals surface area contributed by atoms with Gasteiger partial charge in [0.25, 0.3) is 0 Å². The van der Waals surface area contributed by atoms with E-state index in [1.54, 1.807) is 0 Å². The molecule has 0 bridgehead atoms. The summed E-state index contributed by atoms with van der Waals surface area (Å²) < 4.78 is 1.20. The van der Waals surface area contributed by atoms with E-state index in [1.807, 2.05) is 0 Å². The molecule has 0 N–H and O–H groups in total. The van der Waals surface area contributed by atoms with Crippen molar-refractivity contribution < 1.29 is 21.5 Å². The molecule has 0 fully saturated rings. The summed E-state index contributed by atoms with van der Waals surface area (Å²) in [7, 11) is 2.41. The lowest BCUT2D eigenvalue weighted by atomic mass is 10.1. The van der Waals surface area contributed by atoms with Crippen LogP contribution in [0.1, 0.15) is 84.5 Å². The van der Waals surface area contributed by atoms with Crippen LogP contribution in [0.15, 0.2) is 0 Å². The maximum Gasteiger partial charge on any atom is 0.0922 e. The molecule has 0 radical (unpaired) electrons. The predicted molar refractivity (Wildman–Crippen MR) is 93.6 cm³/mol. The summed E-state index contributed by atoms with van der Waals surface area (Å²) in [4.78, 5) is 0. The molecule has 0 rings (SSSR count). The second kappa shape index (κ2) is 17.1. The monoisotopic (exact) mass is 383 g/mol. The molecule has 1 nitrogen and oxygen atoms in total. The standard InChI is InChI=1S/C18H39ClN.BrH/c1-4-6-8-10-12-14-17-20(3,18-15-19)16-13-11-9-7-5-2;/h4-18H2,1-3H3;1H/q+1;/p-1. The van der Waals surface area contributed by atoms with E-state index >= 15 is 0 Å². The topological polar surface area (TPSA) is 0 Å². The molecule has 0 aromatic carbocycles. The number of rotatable bonds is 15. The van der Waals surface area contributed by atoms with Crippen LogP contribution >= 0.6 is 11.6 Å². The summed E-state index contributed by atoms with van der Waals surface area (Å²) in [6.45, 7) is 8.36. The van der Waals surface area contributed by atoms with Gasteiger partial charge >= 0.3 is 0 Å². The van der Waals surface area contributed by atoms with E-state index in [2.05, 4.69) is 20.9 Å². The highest BCUT2D eigenvalue weighted by atomic mass is 79.9. The molecule has 21 heavy (non-hydrogen) atoms. The third-order valence-electron chi connectivity index (χ3n) is 4.48. The quantitative estimate of drug-likeness (QED) is 0.231. The molecule has 0 saturated carbocycles. The Kier molecular flexibility index (Phi) is 19.5. The maximum atomic E-state index is 6.01. The lowest BCUT2D eigenvalue weighted by Gasteiger charge is -2.34. The molecule has 0 aliphatic rings. The van der Waals surface area contributed by atoms with Crippen molar-refractivity contribution in [2.24, 2.45) is 0 Å². The van der Waals surface area contributed by atoms with Crippen LogP contribution in [-0.4, -0.2) is 37.0 Å². The minimum atomic E-state index is 0. The molecule has 0 aliphatic carbocycles. The van der Waals surface area contributed by atoms with Crippen LogP contribution in [-0.2, 0) is 0 Å². The van der Waals surface area contributed by atoms with Crippen LogP contribution in [0.2, 0.25) is 0 Å². The van der Waals surface area contributed by atoms with Crippen molar-refractivity contribution in [2.75, 3.05) is 32.6 Å². The van der Waals surface area contributed by atoms with Gasteiger partial charge in [-0.25, -0.2) is 0 Å². The number of alkyl halides is 1. The first kappa shape index (κ1) is 24.0. The second-order valence-corrected chi connectivity index (χ2v) is 7.04. The normalized spacial score (nSPS) is 13.7. The molecule has 0 heterocycles. The molecular formula is C18H39BrClN. The average Bonchev–Trinajstić information content (AvgIpc) is 2.43. The molecular weight excluding hydrogens is 346 g/mol. The largest absolute Gasteiger partial charge is 1.00 e. The van der Waals surface area contributed by atoms with Crippen molar-refractivity contribution >= 4 is 11.6 Å².